The van der Waals surface area contributed by atoms with Crippen molar-refractivity contribution in [2.75, 3.05) is 30.4 Å². The molecule has 1 aliphatic heterocycles. The maximum Gasteiger partial charge on any atom is 0.231 e. The lowest BCUT2D eigenvalue weighted by atomic mass is 10.0. The number of anilines is 2. The van der Waals surface area contributed by atoms with E-state index in [2.05, 4.69) is 38.2 Å². The first kappa shape index (κ1) is 13.6. The van der Waals surface area contributed by atoms with Gasteiger partial charge in [-0.3, -0.25) is 0 Å². The predicted octanol–water partition coefficient (Wildman–Crippen LogP) is 2.78. The molecule has 0 saturated heterocycles. The number of halogens is 1. The van der Waals surface area contributed by atoms with Gasteiger partial charge in [-0.25, -0.2) is 0 Å². The molecule has 1 aliphatic rings. The van der Waals surface area contributed by atoms with Gasteiger partial charge in [-0.2, -0.15) is 15.0 Å². The molecule has 3 heterocycles. The lowest BCUT2D eigenvalue weighted by Gasteiger charge is -2.33. The third-order valence-corrected chi connectivity index (χ3v) is 4.68. The normalized spacial score (nSPS) is 18.0. The summed E-state index contributed by atoms with van der Waals surface area (Å²) in [7, 11) is 3.79. The molecule has 106 valence electrons. The van der Waals surface area contributed by atoms with E-state index in [-0.39, 0.29) is 11.3 Å². The Bertz CT molecular complexity index is 627. The molecule has 0 spiro atoms. The van der Waals surface area contributed by atoms with Gasteiger partial charge in [0.1, 0.15) is 0 Å². The minimum Gasteiger partial charge on any atom is -0.347 e. The number of aromatic nitrogens is 3. The third kappa shape index (κ3) is 2.33. The van der Waals surface area contributed by atoms with Gasteiger partial charge in [-0.05, 0) is 42.0 Å². The number of hydrogen-bond donors (Lipinski definition) is 0. The molecular formula is C13H16ClN5S. The van der Waals surface area contributed by atoms with Crippen molar-refractivity contribution < 1.29 is 0 Å². The molecule has 1 atom stereocenters. The molecule has 0 saturated carbocycles. The second kappa shape index (κ2) is 5.18. The molecule has 7 heteroatoms. The Labute approximate surface area is 127 Å². The van der Waals surface area contributed by atoms with Crippen LogP contribution < -0.4 is 9.80 Å². The van der Waals surface area contributed by atoms with Crippen molar-refractivity contribution >= 4 is 34.8 Å². The van der Waals surface area contributed by atoms with E-state index in [1.165, 1.54) is 10.4 Å². The van der Waals surface area contributed by atoms with Crippen LogP contribution in [0.15, 0.2) is 11.4 Å². The maximum absolute atomic E-state index is 6.03. The van der Waals surface area contributed by atoms with Gasteiger partial charge in [0.25, 0.3) is 0 Å². The van der Waals surface area contributed by atoms with Crippen LogP contribution in [0.2, 0.25) is 5.28 Å². The van der Waals surface area contributed by atoms with Gasteiger partial charge >= 0.3 is 0 Å². The van der Waals surface area contributed by atoms with Crippen LogP contribution in [0.4, 0.5) is 11.9 Å². The summed E-state index contributed by atoms with van der Waals surface area (Å²) in [6.07, 6.45) is 1.03. The summed E-state index contributed by atoms with van der Waals surface area (Å²) in [5.74, 6) is 1.24. The van der Waals surface area contributed by atoms with Crippen LogP contribution in [-0.4, -0.2) is 35.6 Å². The Kier molecular flexibility index (Phi) is 3.52. The SMILES string of the molecule is CC1c2ccsc2CCN1c1nc(Cl)nc(N(C)C)n1. The van der Waals surface area contributed by atoms with Crippen molar-refractivity contribution in [1.29, 1.82) is 0 Å². The van der Waals surface area contributed by atoms with Gasteiger partial charge in [-0.15, -0.1) is 11.3 Å². The molecule has 0 aliphatic carbocycles. The second-order valence-corrected chi connectivity index (χ2v) is 6.36. The number of hydrogen-bond acceptors (Lipinski definition) is 6. The number of nitrogens with zero attached hydrogens (tertiary/aromatic N) is 5. The fourth-order valence-corrected chi connectivity index (χ4v) is 3.55. The first-order valence-corrected chi connectivity index (χ1v) is 7.74. The Morgan fingerprint density at radius 1 is 1.35 bits per heavy atom. The van der Waals surface area contributed by atoms with E-state index in [0.29, 0.717) is 11.9 Å². The Morgan fingerprint density at radius 3 is 2.90 bits per heavy atom. The van der Waals surface area contributed by atoms with Crippen molar-refractivity contribution in [3.05, 3.63) is 27.2 Å². The van der Waals surface area contributed by atoms with Gasteiger partial charge in [0.05, 0.1) is 6.04 Å². The smallest absolute Gasteiger partial charge is 0.231 e. The van der Waals surface area contributed by atoms with Crippen LogP contribution in [0.5, 0.6) is 0 Å². The molecule has 0 fully saturated rings. The summed E-state index contributed by atoms with van der Waals surface area (Å²) in [6, 6.07) is 2.45. The zero-order valence-corrected chi connectivity index (χ0v) is 13.2. The zero-order valence-electron chi connectivity index (χ0n) is 11.7. The van der Waals surface area contributed by atoms with Crippen LogP contribution in [0, 0.1) is 0 Å². The molecule has 0 bridgehead atoms. The first-order valence-electron chi connectivity index (χ1n) is 6.48. The summed E-state index contributed by atoms with van der Waals surface area (Å²) in [4.78, 5) is 18.4. The fourth-order valence-electron chi connectivity index (χ4n) is 2.44. The molecule has 0 radical (unpaired) electrons. The van der Waals surface area contributed by atoms with Crippen LogP contribution >= 0.6 is 22.9 Å². The van der Waals surface area contributed by atoms with Crippen LogP contribution in [0.3, 0.4) is 0 Å². The first-order chi connectivity index (χ1) is 9.56. The van der Waals surface area contributed by atoms with Crippen LogP contribution in [0.1, 0.15) is 23.4 Å². The molecule has 0 N–H and O–H groups in total. The predicted molar refractivity (Wildman–Crippen MR) is 82.9 cm³/mol. The van der Waals surface area contributed by atoms with E-state index < -0.39 is 0 Å². The minimum atomic E-state index is 0.238. The van der Waals surface area contributed by atoms with Gasteiger partial charge in [0.2, 0.25) is 17.2 Å². The van der Waals surface area contributed by atoms with Crippen LogP contribution in [-0.2, 0) is 6.42 Å². The molecule has 20 heavy (non-hydrogen) atoms. The van der Waals surface area contributed by atoms with Crippen molar-refractivity contribution in [3.8, 4) is 0 Å². The van der Waals surface area contributed by atoms with E-state index in [9.17, 15) is 0 Å². The molecule has 0 aromatic carbocycles. The van der Waals surface area contributed by atoms with Crippen molar-refractivity contribution in [2.24, 2.45) is 0 Å². The van der Waals surface area contributed by atoms with Crippen molar-refractivity contribution in [3.63, 3.8) is 0 Å². The monoisotopic (exact) mass is 309 g/mol. The van der Waals surface area contributed by atoms with Crippen molar-refractivity contribution in [1.82, 2.24) is 15.0 Å². The minimum absolute atomic E-state index is 0.238. The number of thiophene rings is 1. The highest BCUT2D eigenvalue weighted by Crippen LogP contribution is 2.35. The largest absolute Gasteiger partial charge is 0.347 e. The maximum atomic E-state index is 6.03. The van der Waals surface area contributed by atoms with E-state index in [4.69, 9.17) is 11.6 Å². The molecule has 2 aromatic heterocycles. The highest BCUT2D eigenvalue weighted by Gasteiger charge is 2.27. The Balaban J connectivity index is 1.98. The number of fused-ring (bicyclic) bond motifs is 1. The molecule has 3 rings (SSSR count). The molecule has 1 unspecified atom stereocenters. The fraction of sp³-hybridized carbons (Fsp3) is 0.462. The second-order valence-electron chi connectivity index (χ2n) is 5.02. The van der Waals surface area contributed by atoms with Crippen LogP contribution in [0.25, 0.3) is 0 Å². The molecular weight excluding hydrogens is 294 g/mol. The van der Waals surface area contributed by atoms with E-state index in [0.717, 1.165) is 13.0 Å². The van der Waals surface area contributed by atoms with Crippen molar-refractivity contribution in [2.45, 2.75) is 19.4 Å². The lowest BCUT2D eigenvalue weighted by molar-refractivity contribution is 0.613. The van der Waals surface area contributed by atoms with Gasteiger partial charge < -0.3 is 9.80 Å². The van der Waals surface area contributed by atoms with Gasteiger partial charge in [0, 0.05) is 25.5 Å². The average Bonchev–Trinajstić information content (AvgIpc) is 2.87. The van der Waals surface area contributed by atoms with E-state index >= 15 is 0 Å². The highest BCUT2D eigenvalue weighted by atomic mass is 35.5. The Morgan fingerprint density at radius 2 is 2.15 bits per heavy atom. The topological polar surface area (TPSA) is 45.2 Å². The number of rotatable bonds is 2. The van der Waals surface area contributed by atoms with Gasteiger partial charge in [0.15, 0.2) is 0 Å². The Hall–Kier alpha value is -1.40. The molecule has 0 amide bonds. The molecule has 5 nitrogen and oxygen atoms in total. The summed E-state index contributed by atoms with van der Waals surface area (Å²) in [5.41, 5.74) is 1.36. The summed E-state index contributed by atoms with van der Waals surface area (Å²) < 4.78 is 0. The highest BCUT2D eigenvalue weighted by molar-refractivity contribution is 7.10. The summed E-state index contributed by atoms with van der Waals surface area (Å²) in [5, 5.41) is 2.39. The molecule has 2 aromatic rings. The van der Waals surface area contributed by atoms with E-state index in [1.807, 2.05) is 30.3 Å². The standard InChI is InChI=1S/C13H16ClN5S/c1-8-9-5-7-20-10(9)4-6-19(8)13-16-11(14)15-12(17-13)18(2)3/h5,7-8H,4,6H2,1-3H3. The summed E-state index contributed by atoms with van der Waals surface area (Å²) >= 11 is 7.85. The van der Waals surface area contributed by atoms with E-state index in [1.54, 1.807) is 0 Å². The quantitative estimate of drug-likeness (QED) is 0.853. The lowest BCUT2D eigenvalue weighted by Crippen LogP contribution is -2.35. The average molecular weight is 310 g/mol. The summed E-state index contributed by atoms with van der Waals surface area (Å²) in [6.45, 7) is 3.08. The third-order valence-electron chi connectivity index (χ3n) is 3.52. The zero-order chi connectivity index (χ0) is 14.3. The van der Waals surface area contributed by atoms with Gasteiger partial charge in [-0.1, -0.05) is 0 Å².